The Bertz CT molecular complexity index is 1320. The number of sulfonamides is 1. The van der Waals surface area contributed by atoms with Crippen molar-refractivity contribution in [2.75, 3.05) is 31.9 Å². The number of hydrogen-bond acceptors (Lipinski definition) is 8. The zero-order valence-corrected chi connectivity index (χ0v) is 22.0. The zero-order chi connectivity index (χ0) is 27.0. The van der Waals surface area contributed by atoms with E-state index in [0.717, 1.165) is 10.6 Å². The molecule has 3 aromatic carbocycles. The number of methoxy groups -OCH3 is 3. The normalized spacial score (nSPS) is 12.0. The first kappa shape index (κ1) is 27.3. The maximum absolute atomic E-state index is 12.8. The van der Waals surface area contributed by atoms with Gasteiger partial charge in [0.1, 0.15) is 17.5 Å². The number of para-hydroxylation sites is 1. The van der Waals surface area contributed by atoms with E-state index in [1.54, 1.807) is 36.4 Å². The molecule has 0 spiro atoms. The zero-order valence-electron chi connectivity index (χ0n) is 21.2. The molecule has 0 fully saturated rings. The summed E-state index contributed by atoms with van der Waals surface area (Å²) in [5, 5.41) is 3.97. The highest BCUT2D eigenvalue weighted by molar-refractivity contribution is 7.92. The number of hydrogen-bond donors (Lipinski definition) is 1. The molecule has 1 N–H and O–H groups in total. The Morgan fingerprint density at radius 3 is 2.00 bits per heavy atom. The summed E-state index contributed by atoms with van der Waals surface area (Å²) < 4.78 is 47.9. The van der Waals surface area contributed by atoms with Crippen molar-refractivity contribution in [1.82, 2.24) is 5.43 Å². The predicted octanol–water partition coefficient (Wildman–Crippen LogP) is 3.81. The third-order valence-corrected chi connectivity index (χ3v) is 6.48. The molecule has 10 nitrogen and oxygen atoms in total. The molecule has 3 rings (SSSR count). The van der Waals surface area contributed by atoms with Crippen LogP contribution in [0.3, 0.4) is 0 Å². The highest BCUT2D eigenvalue weighted by Crippen LogP contribution is 2.37. The van der Waals surface area contributed by atoms with Crippen molar-refractivity contribution in [2.24, 2.45) is 5.10 Å². The second kappa shape index (κ2) is 12.1. The van der Waals surface area contributed by atoms with Crippen LogP contribution >= 0.6 is 0 Å². The average molecular weight is 528 g/mol. The summed E-state index contributed by atoms with van der Waals surface area (Å²) in [7, 11) is 0.665. The highest BCUT2D eigenvalue weighted by Gasteiger charge is 2.29. The summed E-state index contributed by atoms with van der Waals surface area (Å²) in [5.41, 5.74) is 3.26. The van der Waals surface area contributed by atoms with Crippen molar-refractivity contribution in [2.45, 2.75) is 13.0 Å². The number of hydrazone groups is 1. The van der Waals surface area contributed by atoms with Crippen LogP contribution in [0.5, 0.6) is 28.7 Å². The van der Waals surface area contributed by atoms with E-state index in [1.807, 2.05) is 30.3 Å². The number of benzene rings is 3. The standard InChI is InChI=1S/C26H29N3O7S/c1-18(26(30)28-27-17-19-15-23(33-2)25(35-4)24(16-19)34-3)29(37(5,31)32)20-11-13-22(14-12-20)36-21-9-7-6-8-10-21/h6-18H,1-5H3,(H,28,30)/b27-17-/t18-/m1/s1. The van der Waals surface area contributed by atoms with Gasteiger partial charge < -0.3 is 18.9 Å². The predicted molar refractivity (Wildman–Crippen MR) is 142 cm³/mol. The lowest BCUT2D eigenvalue weighted by atomic mass is 10.2. The smallest absolute Gasteiger partial charge is 0.263 e. The van der Waals surface area contributed by atoms with Crippen LogP contribution in [0, 0.1) is 0 Å². The van der Waals surface area contributed by atoms with Gasteiger partial charge >= 0.3 is 0 Å². The summed E-state index contributed by atoms with van der Waals surface area (Å²) in [6.45, 7) is 1.47. The molecular weight excluding hydrogens is 498 g/mol. The fourth-order valence-electron chi connectivity index (χ4n) is 3.53. The summed E-state index contributed by atoms with van der Waals surface area (Å²) in [6.07, 6.45) is 2.42. The number of rotatable bonds is 11. The van der Waals surface area contributed by atoms with Gasteiger partial charge in [0.25, 0.3) is 5.91 Å². The first-order chi connectivity index (χ1) is 17.7. The van der Waals surface area contributed by atoms with Gasteiger partial charge in [0, 0.05) is 5.56 Å². The molecule has 0 saturated carbocycles. The van der Waals surface area contributed by atoms with Crippen LogP contribution in [0.4, 0.5) is 5.69 Å². The van der Waals surface area contributed by atoms with Gasteiger partial charge in [-0.25, -0.2) is 13.8 Å². The maximum atomic E-state index is 12.8. The van der Waals surface area contributed by atoms with Crippen molar-refractivity contribution in [3.8, 4) is 28.7 Å². The molecule has 3 aromatic rings. The first-order valence-electron chi connectivity index (χ1n) is 11.1. The monoisotopic (exact) mass is 527 g/mol. The number of carbonyl (C=O) groups is 1. The SMILES string of the molecule is COc1cc(/C=N\NC(=O)[C@@H](C)N(c2ccc(Oc3ccccc3)cc2)S(C)(=O)=O)cc(OC)c1OC. The van der Waals surface area contributed by atoms with Crippen LogP contribution < -0.4 is 28.7 Å². The summed E-state index contributed by atoms with van der Waals surface area (Å²) in [5.74, 6) is 1.81. The third-order valence-electron chi connectivity index (χ3n) is 5.23. The molecule has 0 heterocycles. The van der Waals surface area contributed by atoms with Gasteiger partial charge in [-0.15, -0.1) is 0 Å². The lowest BCUT2D eigenvalue weighted by Gasteiger charge is -2.27. The average Bonchev–Trinajstić information content (AvgIpc) is 2.88. The highest BCUT2D eigenvalue weighted by atomic mass is 32.2. The van der Waals surface area contributed by atoms with E-state index < -0.39 is 22.0 Å². The second-order valence-corrected chi connectivity index (χ2v) is 9.70. The molecule has 0 aliphatic heterocycles. The van der Waals surface area contributed by atoms with Crippen LogP contribution in [0.15, 0.2) is 71.8 Å². The largest absolute Gasteiger partial charge is 0.493 e. The van der Waals surface area contributed by atoms with E-state index in [4.69, 9.17) is 18.9 Å². The molecule has 0 saturated heterocycles. The maximum Gasteiger partial charge on any atom is 0.263 e. The van der Waals surface area contributed by atoms with Crippen molar-refractivity contribution < 1.29 is 32.2 Å². The molecule has 0 aromatic heterocycles. The van der Waals surface area contributed by atoms with E-state index in [0.29, 0.717) is 40.0 Å². The van der Waals surface area contributed by atoms with Gasteiger partial charge in [-0.3, -0.25) is 9.10 Å². The molecule has 196 valence electrons. The van der Waals surface area contributed by atoms with Crippen molar-refractivity contribution >= 4 is 27.8 Å². The Morgan fingerprint density at radius 1 is 0.919 bits per heavy atom. The van der Waals surface area contributed by atoms with E-state index in [2.05, 4.69) is 10.5 Å². The van der Waals surface area contributed by atoms with Crippen molar-refractivity contribution in [1.29, 1.82) is 0 Å². The van der Waals surface area contributed by atoms with E-state index in [-0.39, 0.29) is 0 Å². The topological polar surface area (TPSA) is 116 Å². The van der Waals surface area contributed by atoms with Gasteiger partial charge in [-0.05, 0) is 55.5 Å². The lowest BCUT2D eigenvalue weighted by Crippen LogP contribution is -2.46. The molecule has 0 radical (unpaired) electrons. The van der Waals surface area contributed by atoms with Gasteiger partial charge in [0.15, 0.2) is 11.5 Å². The molecule has 1 atom stereocenters. The van der Waals surface area contributed by atoms with E-state index >= 15 is 0 Å². The second-order valence-electron chi connectivity index (χ2n) is 7.84. The Balaban J connectivity index is 1.75. The van der Waals surface area contributed by atoms with E-state index in [9.17, 15) is 13.2 Å². The Labute approximate surface area is 216 Å². The number of amides is 1. The van der Waals surface area contributed by atoms with Gasteiger partial charge in [-0.1, -0.05) is 18.2 Å². The summed E-state index contributed by atoms with van der Waals surface area (Å²) in [4.78, 5) is 12.8. The van der Waals surface area contributed by atoms with Gasteiger partial charge in [0.05, 0.1) is 39.5 Å². The summed E-state index contributed by atoms with van der Waals surface area (Å²) in [6, 6.07) is 17.8. The lowest BCUT2D eigenvalue weighted by molar-refractivity contribution is -0.121. The van der Waals surface area contributed by atoms with Crippen LogP contribution in [-0.4, -0.2) is 54.2 Å². The fourth-order valence-corrected chi connectivity index (χ4v) is 4.71. The van der Waals surface area contributed by atoms with Crippen LogP contribution in [-0.2, 0) is 14.8 Å². The number of anilines is 1. The fraction of sp³-hybridized carbons (Fsp3) is 0.231. The quantitative estimate of drug-likeness (QED) is 0.298. The molecule has 37 heavy (non-hydrogen) atoms. The van der Waals surface area contributed by atoms with Crippen LogP contribution in [0.1, 0.15) is 12.5 Å². The summed E-state index contributed by atoms with van der Waals surface area (Å²) >= 11 is 0. The first-order valence-corrected chi connectivity index (χ1v) is 13.0. The number of nitrogens with one attached hydrogen (secondary N) is 1. The van der Waals surface area contributed by atoms with E-state index in [1.165, 1.54) is 34.5 Å². The molecule has 0 aliphatic rings. The minimum absolute atomic E-state index is 0.305. The molecule has 11 heteroatoms. The molecular formula is C26H29N3O7S. The minimum atomic E-state index is -3.80. The Morgan fingerprint density at radius 2 is 1.49 bits per heavy atom. The Hall–Kier alpha value is -4.25. The molecule has 0 unspecified atom stereocenters. The van der Waals surface area contributed by atoms with Gasteiger partial charge in [-0.2, -0.15) is 5.10 Å². The number of carbonyl (C=O) groups excluding carboxylic acids is 1. The van der Waals surface area contributed by atoms with Gasteiger partial charge in [0.2, 0.25) is 15.8 Å². The van der Waals surface area contributed by atoms with Crippen molar-refractivity contribution in [3.05, 3.63) is 72.3 Å². The molecule has 0 aliphatic carbocycles. The molecule has 1 amide bonds. The molecule has 0 bridgehead atoms. The number of ether oxygens (including phenoxy) is 4. The minimum Gasteiger partial charge on any atom is -0.493 e. The number of nitrogens with zero attached hydrogens (tertiary/aromatic N) is 2. The van der Waals surface area contributed by atoms with Crippen LogP contribution in [0.2, 0.25) is 0 Å². The van der Waals surface area contributed by atoms with Crippen LogP contribution in [0.25, 0.3) is 0 Å². The van der Waals surface area contributed by atoms with Crippen molar-refractivity contribution in [3.63, 3.8) is 0 Å². The third kappa shape index (κ3) is 6.91. The Kier molecular flexibility index (Phi) is 8.96.